The third-order valence-corrected chi connectivity index (χ3v) is 6.27. The van der Waals surface area contributed by atoms with E-state index in [1.54, 1.807) is 31.7 Å². The van der Waals surface area contributed by atoms with Crippen LogP contribution in [0.25, 0.3) is 0 Å². The second kappa shape index (κ2) is 13.3. The van der Waals surface area contributed by atoms with Crippen LogP contribution in [0.3, 0.4) is 0 Å². The van der Waals surface area contributed by atoms with Crippen molar-refractivity contribution < 1.29 is 19.1 Å². The number of terminal acetylenes is 1. The van der Waals surface area contributed by atoms with Crippen molar-refractivity contribution in [2.45, 2.75) is 104 Å². The fourth-order valence-electron chi connectivity index (χ4n) is 4.58. The van der Waals surface area contributed by atoms with E-state index < -0.39 is 23.8 Å². The lowest BCUT2D eigenvalue weighted by atomic mass is 9.93. The highest BCUT2D eigenvalue weighted by Crippen LogP contribution is 2.28. The van der Waals surface area contributed by atoms with Crippen LogP contribution in [0.5, 0.6) is 0 Å². The molecule has 1 aromatic rings. The Kier molecular flexibility index (Phi) is 10.8. The van der Waals surface area contributed by atoms with Gasteiger partial charge in [0.1, 0.15) is 17.7 Å². The Balaban J connectivity index is 2.47. The quantitative estimate of drug-likeness (QED) is 0.473. The van der Waals surface area contributed by atoms with Crippen LogP contribution in [0.4, 0.5) is 4.79 Å². The van der Waals surface area contributed by atoms with Crippen molar-refractivity contribution in [1.82, 2.24) is 15.5 Å². The highest BCUT2D eigenvalue weighted by molar-refractivity contribution is 5.92. The first-order valence-corrected chi connectivity index (χ1v) is 13.1. The van der Waals surface area contributed by atoms with E-state index >= 15 is 0 Å². The zero-order valence-corrected chi connectivity index (χ0v) is 22.7. The minimum Gasteiger partial charge on any atom is -0.444 e. The molecule has 1 aliphatic carbocycles. The Morgan fingerprint density at radius 3 is 2.33 bits per heavy atom. The van der Waals surface area contributed by atoms with E-state index in [4.69, 9.17) is 11.2 Å². The van der Waals surface area contributed by atoms with Gasteiger partial charge in [0.05, 0.1) is 0 Å². The number of nitrogens with zero attached hydrogens (tertiary/aromatic N) is 1. The summed E-state index contributed by atoms with van der Waals surface area (Å²) in [5.41, 5.74) is 0.470. The molecule has 2 atom stereocenters. The van der Waals surface area contributed by atoms with E-state index in [9.17, 15) is 14.4 Å². The lowest BCUT2D eigenvalue weighted by molar-refractivity contribution is -0.143. The van der Waals surface area contributed by atoms with Crippen LogP contribution < -0.4 is 10.6 Å². The maximum absolute atomic E-state index is 14.0. The molecule has 2 rings (SSSR count). The Bertz CT molecular complexity index is 939. The third-order valence-electron chi connectivity index (χ3n) is 6.27. The Labute approximate surface area is 216 Å². The summed E-state index contributed by atoms with van der Waals surface area (Å²) in [4.78, 5) is 42.0. The molecule has 2 unspecified atom stereocenters. The van der Waals surface area contributed by atoms with Gasteiger partial charge in [-0.25, -0.2) is 4.79 Å². The Hall–Kier alpha value is -3.01. The number of amides is 3. The molecule has 1 aromatic carbocycles. The van der Waals surface area contributed by atoms with Crippen molar-refractivity contribution >= 4 is 17.9 Å². The summed E-state index contributed by atoms with van der Waals surface area (Å²) in [7, 11) is 0. The van der Waals surface area contributed by atoms with Gasteiger partial charge < -0.3 is 20.3 Å². The van der Waals surface area contributed by atoms with Crippen molar-refractivity contribution in [2.24, 2.45) is 5.92 Å². The number of alkyl carbamates (subject to hydrolysis) is 1. The van der Waals surface area contributed by atoms with Gasteiger partial charge >= 0.3 is 6.09 Å². The van der Waals surface area contributed by atoms with Crippen LogP contribution in [0.1, 0.15) is 97.2 Å². The van der Waals surface area contributed by atoms with Gasteiger partial charge in [0.15, 0.2) is 0 Å². The molecule has 7 heteroatoms. The molecule has 3 amide bonds. The molecule has 1 fully saturated rings. The number of nitrogens with one attached hydrogen (secondary N) is 2. The minimum absolute atomic E-state index is 0.0751. The first kappa shape index (κ1) is 29.2. The molecular formula is C29H43N3O4. The molecule has 0 spiro atoms. The van der Waals surface area contributed by atoms with Gasteiger partial charge in [-0.05, 0) is 57.6 Å². The predicted octanol–water partition coefficient (Wildman–Crippen LogP) is 4.95. The van der Waals surface area contributed by atoms with Crippen molar-refractivity contribution in [3.05, 3.63) is 35.4 Å². The molecule has 0 radical (unpaired) electrons. The number of benzene rings is 1. The molecule has 0 saturated heterocycles. The maximum atomic E-state index is 14.0. The summed E-state index contributed by atoms with van der Waals surface area (Å²) in [6.45, 7) is 11.3. The summed E-state index contributed by atoms with van der Waals surface area (Å²) in [6, 6.07) is 5.53. The number of hydrogen-bond acceptors (Lipinski definition) is 4. The fourth-order valence-corrected chi connectivity index (χ4v) is 4.58. The number of ether oxygens (including phenoxy) is 1. The molecular weight excluding hydrogens is 454 g/mol. The zero-order chi connectivity index (χ0) is 26.9. The average Bonchev–Trinajstić information content (AvgIpc) is 2.81. The SMILES string of the molecule is C#Cc1ccccc1C(C(=O)NC1CCCCC1)N(CCC)C(=O)C(NC(=O)OC(C)(C)C)C(C)C. The molecule has 0 bridgehead atoms. The second-order valence-corrected chi connectivity index (χ2v) is 10.9. The standard InChI is InChI=1S/C29H43N3O4/c1-8-19-32(27(34)24(20(3)4)31-28(35)36-29(5,6)7)25(23-18-14-13-15-21(23)9-2)26(33)30-22-16-11-10-12-17-22/h2,13-15,18,20,22,24-25H,8,10-12,16-17,19H2,1,3-7H3,(H,30,33)(H,31,35). The topological polar surface area (TPSA) is 87.7 Å². The van der Waals surface area contributed by atoms with E-state index in [0.29, 0.717) is 24.1 Å². The summed E-state index contributed by atoms with van der Waals surface area (Å²) < 4.78 is 5.41. The summed E-state index contributed by atoms with van der Waals surface area (Å²) in [5.74, 6) is 1.86. The smallest absolute Gasteiger partial charge is 0.408 e. The third kappa shape index (κ3) is 8.29. The molecule has 198 valence electrons. The normalized spacial score (nSPS) is 15.9. The summed E-state index contributed by atoms with van der Waals surface area (Å²) >= 11 is 0. The van der Waals surface area contributed by atoms with Crippen LogP contribution in [-0.4, -0.2) is 47.0 Å². The number of rotatable bonds is 9. The van der Waals surface area contributed by atoms with E-state index in [-0.39, 0.29) is 23.8 Å². The molecule has 0 heterocycles. The van der Waals surface area contributed by atoms with Crippen LogP contribution in [0.15, 0.2) is 24.3 Å². The van der Waals surface area contributed by atoms with Crippen LogP contribution in [-0.2, 0) is 14.3 Å². The van der Waals surface area contributed by atoms with Crippen LogP contribution in [0.2, 0.25) is 0 Å². The molecule has 7 nitrogen and oxygen atoms in total. The molecule has 0 aliphatic heterocycles. The van der Waals surface area contributed by atoms with E-state index in [0.717, 1.165) is 25.7 Å². The van der Waals surface area contributed by atoms with Gasteiger partial charge in [0, 0.05) is 18.2 Å². The molecule has 2 N–H and O–H groups in total. The van der Waals surface area contributed by atoms with Crippen molar-refractivity contribution in [2.75, 3.05) is 6.54 Å². The molecule has 36 heavy (non-hydrogen) atoms. The van der Waals surface area contributed by atoms with Gasteiger partial charge in [-0.2, -0.15) is 0 Å². The maximum Gasteiger partial charge on any atom is 0.408 e. The number of carbonyl (C=O) groups is 3. The number of hydrogen-bond donors (Lipinski definition) is 2. The Morgan fingerprint density at radius 1 is 1.14 bits per heavy atom. The van der Waals surface area contributed by atoms with E-state index in [1.165, 1.54) is 6.42 Å². The Morgan fingerprint density at radius 2 is 1.78 bits per heavy atom. The fraction of sp³-hybridized carbons (Fsp3) is 0.621. The van der Waals surface area contributed by atoms with Crippen molar-refractivity contribution in [3.63, 3.8) is 0 Å². The average molecular weight is 498 g/mol. The minimum atomic E-state index is -0.909. The summed E-state index contributed by atoms with van der Waals surface area (Å²) in [6.07, 6.45) is 10.9. The van der Waals surface area contributed by atoms with Crippen molar-refractivity contribution in [3.8, 4) is 12.3 Å². The van der Waals surface area contributed by atoms with Crippen LogP contribution in [0, 0.1) is 18.3 Å². The van der Waals surface area contributed by atoms with Gasteiger partial charge in [0.25, 0.3) is 0 Å². The second-order valence-electron chi connectivity index (χ2n) is 10.9. The highest BCUT2D eigenvalue weighted by Gasteiger charge is 2.38. The number of carbonyl (C=O) groups excluding carboxylic acids is 3. The van der Waals surface area contributed by atoms with Gasteiger partial charge in [-0.3, -0.25) is 9.59 Å². The molecule has 0 aromatic heterocycles. The van der Waals surface area contributed by atoms with E-state index in [2.05, 4.69) is 16.6 Å². The predicted molar refractivity (Wildman–Crippen MR) is 142 cm³/mol. The van der Waals surface area contributed by atoms with Crippen LogP contribution >= 0.6 is 0 Å². The zero-order valence-electron chi connectivity index (χ0n) is 22.7. The lowest BCUT2D eigenvalue weighted by Crippen LogP contribution is -2.55. The summed E-state index contributed by atoms with van der Waals surface area (Å²) in [5, 5.41) is 5.93. The first-order valence-electron chi connectivity index (χ1n) is 13.1. The molecule has 1 saturated carbocycles. The van der Waals surface area contributed by atoms with E-state index in [1.807, 2.05) is 39.0 Å². The van der Waals surface area contributed by atoms with Gasteiger partial charge in [-0.1, -0.05) is 64.2 Å². The molecule has 1 aliphatic rings. The van der Waals surface area contributed by atoms with Gasteiger partial charge in [-0.15, -0.1) is 6.42 Å². The van der Waals surface area contributed by atoms with Gasteiger partial charge in [0.2, 0.25) is 11.8 Å². The lowest BCUT2D eigenvalue weighted by Gasteiger charge is -2.36. The first-order chi connectivity index (χ1) is 17.0. The van der Waals surface area contributed by atoms with Crippen molar-refractivity contribution in [1.29, 1.82) is 0 Å². The largest absolute Gasteiger partial charge is 0.444 e. The monoisotopic (exact) mass is 497 g/mol. The highest BCUT2D eigenvalue weighted by atomic mass is 16.6.